The fourth-order valence-corrected chi connectivity index (χ4v) is 2.48. The van der Waals surface area contributed by atoms with E-state index in [-0.39, 0.29) is 10.8 Å². The van der Waals surface area contributed by atoms with Crippen molar-refractivity contribution in [1.29, 1.82) is 0 Å². The highest BCUT2D eigenvalue weighted by Crippen LogP contribution is 2.24. The molecule has 0 aromatic heterocycles. The van der Waals surface area contributed by atoms with Crippen molar-refractivity contribution in [3.05, 3.63) is 76.6 Å². The minimum atomic E-state index is -0.538. The molecule has 0 saturated carbocycles. The summed E-state index contributed by atoms with van der Waals surface area (Å²) in [4.78, 5) is 12.5. The third-order valence-electron chi connectivity index (χ3n) is 3.49. The third-order valence-corrected chi connectivity index (χ3v) is 3.78. The van der Waals surface area contributed by atoms with Gasteiger partial charge in [0.1, 0.15) is 11.6 Å². The standard InChI is InChI=1S/C18H12ClFO2/c1-22-15-6-4-11-8-13(3-2-12(11)9-15)18(21)14-5-7-17(20)16(19)10-14/h2-10H,1H3. The van der Waals surface area contributed by atoms with Gasteiger partial charge in [-0.2, -0.15) is 0 Å². The molecular formula is C18H12ClFO2. The first kappa shape index (κ1) is 14.5. The van der Waals surface area contributed by atoms with Crippen molar-refractivity contribution >= 4 is 28.2 Å². The number of fused-ring (bicyclic) bond motifs is 1. The summed E-state index contributed by atoms with van der Waals surface area (Å²) in [6, 6.07) is 15.0. The Morgan fingerprint density at radius 1 is 0.955 bits per heavy atom. The number of ketones is 1. The molecule has 0 fully saturated rings. The molecule has 0 saturated heterocycles. The Hall–Kier alpha value is -2.39. The largest absolute Gasteiger partial charge is 0.497 e. The second-order valence-electron chi connectivity index (χ2n) is 4.89. The quantitative estimate of drug-likeness (QED) is 0.645. The lowest BCUT2D eigenvalue weighted by molar-refractivity contribution is 0.103. The predicted molar refractivity (Wildman–Crippen MR) is 85.3 cm³/mol. The molecule has 3 aromatic carbocycles. The van der Waals surface area contributed by atoms with E-state index in [0.29, 0.717) is 11.1 Å². The highest BCUT2D eigenvalue weighted by atomic mass is 35.5. The van der Waals surface area contributed by atoms with Crippen LogP contribution < -0.4 is 4.74 Å². The van der Waals surface area contributed by atoms with E-state index in [4.69, 9.17) is 16.3 Å². The van der Waals surface area contributed by atoms with Crippen LogP contribution in [-0.4, -0.2) is 12.9 Å². The minimum absolute atomic E-state index is 0.0589. The Bertz CT molecular complexity index is 874. The van der Waals surface area contributed by atoms with Crippen molar-refractivity contribution in [2.45, 2.75) is 0 Å². The van der Waals surface area contributed by atoms with E-state index >= 15 is 0 Å². The van der Waals surface area contributed by atoms with Gasteiger partial charge in [-0.3, -0.25) is 4.79 Å². The molecule has 4 heteroatoms. The van der Waals surface area contributed by atoms with Crippen LogP contribution in [0.2, 0.25) is 5.02 Å². The summed E-state index contributed by atoms with van der Waals surface area (Å²) >= 11 is 5.73. The van der Waals surface area contributed by atoms with Gasteiger partial charge < -0.3 is 4.74 Å². The minimum Gasteiger partial charge on any atom is -0.497 e. The average Bonchev–Trinajstić information content (AvgIpc) is 2.55. The highest BCUT2D eigenvalue weighted by Gasteiger charge is 2.12. The Morgan fingerprint density at radius 2 is 1.59 bits per heavy atom. The van der Waals surface area contributed by atoms with Crippen LogP contribution in [0.25, 0.3) is 10.8 Å². The molecule has 0 aliphatic carbocycles. The van der Waals surface area contributed by atoms with Crippen LogP contribution in [0.1, 0.15) is 15.9 Å². The first-order chi connectivity index (χ1) is 10.6. The van der Waals surface area contributed by atoms with Crippen molar-refractivity contribution in [3.63, 3.8) is 0 Å². The second kappa shape index (κ2) is 5.78. The van der Waals surface area contributed by atoms with Crippen LogP contribution in [0.4, 0.5) is 4.39 Å². The predicted octanol–water partition coefficient (Wildman–Crippen LogP) is 4.87. The molecule has 110 valence electrons. The molecule has 0 bridgehead atoms. The van der Waals surface area contributed by atoms with Gasteiger partial charge in [0.15, 0.2) is 5.78 Å². The number of hydrogen-bond donors (Lipinski definition) is 0. The van der Waals surface area contributed by atoms with Gasteiger partial charge in [0.05, 0.1) is 12.1 Å². The monoisotopic (exact) mass is 314 g/mol. The van der Waals surface area contributed by atoms with Gasteiger partial charge in [-0.15, -0.1) is 0 Å². The van der Waals surface area contributed by atoms with Gasteiger partial charge in [-0.1, -0.05) is 29.8 Å². The number of benzene rings is 3. The van der Waals surface area contributed by atoms with Crippen LogP contribution in [0.3, 0.4) is 0 Å². The summed E-state index contributed by atoms with van der Waals surface area (Å²) in [5, 5.41) is 1.85. The van der Waals surface area contributed by atoms with E-state index in [1.165, 1.54) is 18.2 Å². The average molecular weight is 315 g/mol. The van der Waals surface area contributed by atoms with E-state index in [1.54, 1.807) is 19.2 Å². The molecular weight excluding hydrogens is 303 g/mol. The number of rotatable bonds is 3. The van der Waals surface area contributed by atoms with Crippen molar-refractivity contribution in [2.75, 3.05) is 7.11 Å². The molecule has 0 aliphatic heterocycles. The first-order valence-electron chi connectivity index (χ1n) is 6.66. The van der Waals surface area contributed by atoms with E-state index in [2.05, 4.69) is 0 Å². The van der Waals surface area contributed by atoms with Gasteiger partial charge in [0.25, 0.3) is 0 Å². The fraction of sp³-hybridized carbons (Fsp3) is 0.0556. The van der Waals surface area contributed by atoms with Crippen LogP contribution >= 0.6 is 11.6 Å². The van der Waals surface area contributed by atoms with Gasteiger partial charge in [-0.05, 0) is 47.2 Å². The topological polar surface area (TPSA) is 26.3 Å². The Labute approximate surface area is 132 Å². The number of ether oxygens (including phenoxy) is 1. The van der Waals surface area contributed by atoms with Gasteiger partial charge >= 0.3 is 0 Å². The van der Waals surface area contributed by atoms with Crippen molar-refractivity contribution in [2.24, 2.45) is 0 Å². The Balaban J connectivity index is 2.02. The molecule has 2 nitrogen and oxygen atoms in total. The molecule has 0 amide bonds. The summed E-state index contributed by atoms with van der Waals surface area (Å²) in [6.45, 7) is 0. The lowest BCUT2D eigenvalue weighted by atomic mass is 10.00. The number of halogens is 2. The SMILES string of the molecule is COc1ccc2cc(C(=O)c3ccc(F)c(Cl)c3)ccc2c1. The maximum absolute atomic E-state index is 13.2. The number of hydrogen-bond acceptors (Lipinski definition) is 2. The van der Waals surface area contributed by atoms with Crippen molar-refractivity contribution in [1.82, 2.24) is 0 Å². The van der Waals surface area contributed by atoms with Crippen LogP contribution in [0, 0.1) is 5.82 Å². The maximum Gasteiger partial charge on any atom is 0.193 e. The number of carbonyl (C=O) groups is 1. The van der Waals surface area contributed by atoms with Gasteiger partial charge in [-0.25, -0.2) is 4.39 Å². The zero-order valence-electron chi connectivity index (χ0n) is 11.8. The molecule has 22 heavy (non-hydrogen) atoms. The summed E-state index contributed by atoms with van der Waals surface area (Å²) in [5.41, 5.74) is 0.889. The van der Waals surface area contributed by atoms with Crippen LogP contribution in [0.15, 0.2) is 54.6 Å². The van der Waals surface area contributed by atoms with Crippen molar-refractivity contribution < 1.29 is 13.9 Å². The highest BCUT2D eigenvalue weighted by molar-refractivity contribution is 6.31. The molecule has 0 aliphatic rings. The zero-order valence-corrected chi connectivity index (χ0v) is 12.5. The maximum atomic E-state index is 13.2. The molecule has 0 spiro atoms. The summed E-state index contributed by atoms with van der Waals surface area (Å²) in [6.07, 6.45) is 0. The molecule has 0 radical (unpaired) electrons. The Morgan fingerprint density at radius 3 is 2.32 bits per heavy atom. The molecule has 3 rings (SSSR count). The van der Waals surface area contributed by atoms with E-state index in [1.807, 2.05) is 24.3 Å². The zero-order chi connectivity index (χ0) is 15.7. The van der Waals surface area contributed by atoms with Gasteiger partial charge in [0, 0.05) is 11.1 Å². The second-order valence-corrected chi connectivity index (χ2v) is 5.29. The summed E-state index contributed by atoms with van der Waals surface area (Å²) < 4.78 is 18.4. The molecule has 0 atom stereocenters. The fourth-order valence-electron chi connectivity index (χ4n) is 2.30. The lowest BCUT2D eigenvalue weighted by Gasteiger charge is -2.06. The molecule has 0 heterocycles. The van der Waals surface area contributed by atoms with E-state index < -0.39 is 5.82 Å². The lowest BCUT2D eigenvalue weighted by Crippen LogP contribution is -2.01. The van der Waals surface area contributed by atoms with Crippen LogP contribution in [0.5, 0.6) is 5.75 Å². The van der Waals surface area contributed by atoms with Crippen LogP contribution in [-0.2, 0) is 0 Å². The molecule has 3 aromatic rings. The summed E-state index contributed by atoms with van der Waals surface area (Å²) in [5.74, 6) is 0.0281. The first-order valence-corrected chi connectivity index (χ1v) is 7.04. The molecule has 0 N–H and O–H groups in total. The normalized spacial score (nSPS) is 10.7. The smallest absolute Gasteiger partial charge is 0.193 e. The molecule has 0 unspecified atom stereocenters. The van der Waals surface area contributed by atoms with Gasteiger partial charge in [0.2, 0.25) is 0 Å². The Kier molecular flexibility index (Phi) is 3.82. The summed E-state index contributed by atoms with van der Waals surface area (Å²) in [7, 11) is 1.61. The number of carbonyl (C=O) groups excluding carboxylic acids is 1. The number of methoxy groups -OCH3 is 1. The third kappa shape index (κ3) is 2.68. The van der Waals surface area contributed by atoms with Crippen molar-refractivity contribution in [3.8, 4) is 5.75 Å². The van der Waals surface area contributed by atoms with E-state index in [0.717, 1.165) is 16.5 Å². The van der Waals surface area contributed by atoms with E-state index in [9.17, 15) is 9.18 Å².